The van der Waals surface area contributed by atoms with E-state index in [1.807, 2.05) is 6.07 Å². The Kier molecular flexibility index (Phi) is 5.53. The topological polar surface area (TPSA) is 64.1 Å². The van der Waals surface area contributed by atoms with Crippen LogP contribution in [0.2, 0.25) is 10.0 Å². The molecule has 0 fully saturated rings. The lowest BCUT2D eigenvalue weighted by atomic mass is 10.2. The van der Waals surface area contributed by atoms with E-state index in [0.29, 0.717) is 32.9 Å². The number of nitrogens with zero attached hydrogens (tertiary/aromatic N) is 2. The molecule has 3 aromatic rings. The molecule has 0 aliphatic carbocycles. The molecule has 0 unspecified atom stereocenters. The summed E-state index contributed by atoms with van der Waals surface area (Å²) in [6.07, 6.45) is 0.520. The van der Waals surface area contributed by atoms with Crippen LogP contribution < -0.4 is 10.1 Å². The minimum Gasteiger partial charge on any atom is -0.497 e. The second-order valence-corrected chi connectivity index (χ2v) is 7.00. The van der Waals surface area contributed by atoms with E-state index >= 15 is 0 Å². The smallest absolute Gasteiger partial charge is 0.257 e. The predicted molar refractivity (Wildman–Crippen MR) is 100 cm³/mol. The lowest BCUT2D eigenvalue weighted by Gasteiger charge is -2.03. The van der Waals surface area contributed by atoms with E-state index in [9.17, 15) is 4.79 Å². The first-order valence-corrected chi connectivity index (χ1v) is 8.84. The van der Waals surface area contributed by atoms with Gasteiger partial charge in [0.2, 0.25) is 5.13 Å². The fourth-order valence-electron chi connectivity index (χ4n) is 2.12. The monoisotopic (exact) mass is 393 g/mol. The van der Waals surface area contributed by atoms with Crippen molar-refractivity contribution in [2.75, 3.05) is 12.4 Å². The molecule has 1 N–H and O–H groups in total. The van der Waals surface area contributed by atoms with Gasteiger partial charge in [0.15, 0.2) is 0 Å². The molecule has 8 heteroatoms. The van der Waals surface area contributed by atoms with Crippen LogP contribution in [0.4, 0.5) is 5.13 Å². The quantitative estimate of drug-likeness (QED) is 0.682. The molecule has 0 saturated heterocycles. The lowest BCUT2D eigenvalue weighted by molar-refractivity contribution is 0.102. The van der Waals surface area contributed by atoms with Gasteiger partial charge in [0.1, 0.15) is 10.8 Å². The van der Waals surface area contributed by atoms with Gasteiger partial charge in [-0.3, -0.25) is 10.1 Å². The Morgan fingerprint density at radius 2 is 1.92 bits per heavy atom. The Morgan fingerprint density at radius 3 is 2.60 bits per heavy atom. The molecule has 3 rings (SSSR count). The van der Waals surface area contributed by atoms with Crippen LogP contribution in [0, 0.1) is 0 Å². The Bertz CT molecular complexity index is 897. The zero-order valence-electron chi connectivity index (χ0n) is 13.1. The molecule has 128 valence electrons. The number of benzene rings is 2. The molecule has 0 spiro atoms. The van der Waals surface area contributed by atoms with Gasteiger partial charge in [-0.1, -0.05) is 40.6 Å². The SMILES string of the molecule is COc1ccc(C(=O)Nc2nnc(Cc3ccc(Cl)cc3Cl)s2)cc1. The van der Waals surface area contributed by atoms with Gasteiger partial charge in [-0.2, -0.15) is 0 Å². The van der Waals surface area contributed by atoms with E-state index < -0.39 is 0 Å². The van der Waals surface area contributed by atoms with Gasteiger partial charge < -0.3 is 4.74 Å². The van der Waals surface area contributed by atoms with E-state index in [0.717, 1.165) is 10.6 Å². The Hall–Kier alpha value is -2.15. The van der Waals surface area contributed by atoms with Crippen LogP contribution in [0.5, 0.6) is 5.75 Å². The van der Waals surface area contributed by atoms with E-state index in [-0.39, 0.29) is 5.91 Å². The van der Waals surface area contributed by atoms with Crippen LogP contribution in [0.25, 0.3) is 0 Å². The molecule has 0 aliphatic heterocycles. The highest BCUT2D eigenvalue weighted by Crippen LogP contribution is 2.26. The largest absolute Gasteiger partial charge is 0.497 e. The number of carbonyl (C=O) groups excluding carboxylic acids is 1. The minimum absolute atomic E-state index is 0.255. The first-order valence-electron chi connectivity index (χ1n) is 7.27. The van der Waals surface area contributed by atoms with Crippen molar-refractivity contribution in [2.24, 2.45) is 0 Å². The van der Waals surface area contributed by atoms with Crippen LogP contribution in [0.15, 0.2) is 42.5 Å². The number of aromatic nitrogens is 2. The van der Waals surface area contributed by atoms with Crippen molar-refractivity contribution in [3.63, 3.8) is 0 Å². The van der Waals surface area contributed by atoms with E-state index in [1.54, 1.807) is 43.5 Å². The summed E-state index contributed by atoms with van der Waals surface area (Å²) in [5.74, 6) is 0.435. The van der Waals surface area contributed by atoms with Crippen molar-refractivity contribution < 1.29 is 9.53 Å². The second-order valence-electron chi connectivity index (χ2n) is 5.10. The summed E-state index contributed by atoms with van der Waals surface area (Å²) in [7, 11) is 1.57. The maximum absolute atomic E-state index is 12.2. The van der Waals surface area contributed by atoms with Gasteiger partial charge >= 0.3 is 0 Å². The van der Waals surface area contributed by atoms with Crippen LogP contribution in [0.3, 0.4) is 0 Å². The maximum Gasteiger partial charge on any atom is 0.257 e. The fourth-order valence-corrected chi connectivity index (χ4v) is 3.35. The number of hydrogen-bond acceptors (Lipinski definition) is 5. The minimum atomic E-state index is -0.255. The first kappa shape index (κ1) is 17.7. The Morgan fingerprint density at radius 1 is 1.16 bits per heavy atom. The molecular formula is C17H13Cl2N3O2S. The average Bonchev–Trinajstić information content (AvgIpc) is 3.04. The number of hydrogen-bond donors (Lipinski definition) is 1. The van der Waals surface area contributed by atoms with Crippen LogP contribution in [-0.4, -0.2) is 23.2 Å². The zero-order valence-corrected chi connectivity index (χ0v) is 15.5. The molecule has 0 atom stereocenters. The summed E-state index contributed by atoms with van der Waals surface area (Å²) in [4.78, 5) is 12.2. The van der Waals surface area contributed by atoms with Gasteiger partial charge in [-0.15, -0.1) is 10.2 Å². The van der Waals surface area contributed by atoms with Crippen molar-refractivity contribution in [2.45, 2.75) is 6.42 Å². The van der Waals surface area contributed by atoms with E-state index in [1.165, 1.54) is 11.3 Å². The third-order valence-electron chi connectivity index (χ3n) is 3.40. The Labute approximate surface area is 158 Å². The number of halogens is 2. The Balaban J connectivity index is 1.67. The number of methoxy groups -OCH3 is 1. The van der Waals surface area contributed by atoms with Gasteiger partial charge in [0, 0.05) is 22.0 Å². The molecule has 0 saturated carbocycles. The second kappa shape index (κ2) is 7.82. The van der Waals surface area contributed by atoms with Gasteiger partial charge in [-0.05, 0) is 42.0 Å². The summed E-state index contributed by atoms with van der Waals surface area (Å²) in [5, 5.41) is 13.2. The van der Waals surface area contributed by atoms with Crippen LogP contribution in [-0.2, 0) is 6.42 Å². The van der Waals surface area contributed by atoms with Crippen molar-refractivity contribution >= 4 is 45.6 Å². The molecule has 25 heavy (non-hydrogen) atoms. The summed E-state index contributed by atoms with van der Waals surface area (Å²) in [6.45, 7) is 0. The molecule has 1 aromatic heterocycles. The number of ether oxygens (including phenoxy) is 1. The number of carbonyl (C=O) groups is 1. The van der Waals surface area contributed by atoms with Crippen molar-refractivity contribution in [3.05, 3.63) is 68.6 Å². The van der Waals surface area contributed by atoms with Crippen LogP contribution in [0.1, 0.15) is 20.9 Å². The summed E-state index contributed by atoms with van der Waals surface area (Å²) in [6, 6.07) is 12.1. The average molecular weight is 394 g/mol. The highest BCUT2D eigenvalue weighted by Gasteiger charge is 2.12. The van der Waals surface area contributed by atoms with E-state index in [2.05, 4.69) is 15.5 Å². The summed E-state index contributed by atoms with van der Waals surface area (Å²) < 4.78 is 5.07. The third-order valence-corrected chi connectivity index (χ3v) is 4.82. The predicted octanol–water partition coefficient (Wildman–Crippen LogP) is 4.70. The van der Waals surface area contributed by atoms with Crippen molar-refractivity contribution in [1.29, 1.82) is 0 Å². The van der Waals surface area contributed by atoms with Gasteiger partial charge in [0.05, 0.1) is 7.11 Å². The highest BCUT2D eigenvalue weighted by atomic mass is 35.5. The van der Waals surface area contributed by atoms with Gasteiger partial charge in [0.25, 0.3) is 5.91 Å². The van der Waals surface area contributed by atoms with E-state index in [4.69, 9.17) is 27.9 Å². The number of anilines is 1. The summed E-state index contributed by atoms with van der Waals surface area (Å²) >= 11 is 13.4. The molecule has 0 radical (unpaired) electrons. The molecule has 0 aliphatic rings. The molecule has 1 heterocycles. The van der Waals surface area contributed by atoms with Crippen LogP contribution >= 0.6 is 34.5 Å². The highest BCUT2D eigenvalue weighted by molar-refractivity contribution is 7.15. The fraction of sp³-hybridized carbons (Fsp3) is 0.118. The van der Waals surface area contributed by atoms with Gasteiger partial charge in [-0.25, -0.2) is 0 Å². The number of amides is 1. The zero-order chi connectivity index (χ0) is 17.8. The van der Waals surface area contributed by atoms with Crippen molar-refractivity contribution in [3.8, 4) is 5.75 Å². The maximum atomic E-state index is 12.2. The molecule has 0 bridgehead atoms. The normalized spacial score (nSPS) is 10.5. The number of rotatable bonds is 5. The molecule has 2 aromatic carbocycles. The molecule has 5 nitrogen and oxygen atoms in total. The standard InChI is InChI=1S/C17H13Cl2N3O2S/c1-24-13-6-3-10(4-7-13)16(23)20-17-22-21-15(25-17)8-11-2-5-12(18)9-14(11)19/h2-7,9H,8H2,1H3,(H,20,22,23). The summed E-state index contributed by atoms with van der Waals surface area (Å²) in [5.41, 5.74) is 1.41. The third kappa shape index (κ3) is 4.48. The molecular weight excluding hydrogens is 381 g/mol. The number of nitrogens with one attached hydrogen (secondary N) is 1. The lowest BCUT2D eigenvalue weighted by Crippen LogP contribution is -2.11. The first-order chi connectivity index (χ1) is 12.0. The molecule has 1 amide bonds. The van der Waals surface area contributed by atoms with Crippen molar-refractivity contribution in [1.82, 2.24) is 10.2 Å².